The molecule has 9 heteroatoms. The normalized spacial score (nSPS) is 16.1. The van der Waals surface area contributed by atoms with Gasteiger partial charge in [0.2, 0.25) is 5.95 Å². The van der Waals surface area contributed by atoms with Crippen molar-refractivity contribution in [3.05, 3.63) is 51.2 Å². The van der Waals surface area contributed by atoms with Crippen molar-refractivity contribution in [3.8, 4) is 0 Å². The number of aromatic nitrogens is 4. The standard InChI is InChI=1S/C20H23N5O4/c1-4-29-15(26)12-25-18(27)16-17(22(3)20(25)28)21-19-23(10-13(2)11-24(16)19)14-8-6-5-7-9-14/h5-9,13H,4,10-12H2,1-3H3. The van der Waals surface area contributed by atoms with Gasteiger partial charge >= 0.3 is 11.7 Å². The molecule has 0 fully saturated rings. The molecule has 152 valence electrons. The number of imidazole rings is 1. The van der Waals surface area contributed by atoms with Gasteiger partial charge in [0.25, 0.3) is 5.56 Å². The Morgan fingerprint density at radius 2 is 1.93 bits per heavy atom. The zero-order chi connectivity index (χ0) is 20.7. The highest BCUT2D eigenvalue weighted by Gasteiger charge is 2.30. The number of esters is 1. The van der Waals surface area contributed by atoms with Crippen LogP contribution in [0.25, 0.3) is 11.2 Å². The van der Waals surface area contributed by atoms with Crippen molar-refractivity contribution in [3.63, 3.8) is 0 Å². The Hall–Kier alpha value is -3.36. The third-order valence-corrected chi connectivity index (χ3v) is 5.10. The van der Waals surface area contributed by atoms with Gasteiger partial charge < -0.3 is 14.2 Å². The van der Waals surface area contributed by atoms with Crippen LogP contribution in [0, 0.1) is 5.92 Å². The molecular weight excluding hydrogens is 374 g/mol. The summed E-state index contributed by atoms with van der Waals surface area (Å²) in [6, 6.07) is 9.81. The van der Waals surface area contributed by atoms with E-state index in [9.17, 15) is 14.4 Å². The number of ether oxygens (including phenoxy) is 1. The predicted molar refractivity (Wildman–Crippen MR) is 108 cm³/mol. The lowest BCUT2D eigenvalue weighted by Crippen LogP contribution is -2.42. The predicted octanol–water partition coefficient (Wildman–Crippen LogP) is 1.25. The lowest BCUT2D eigenvalue weighted by atomic mass is 10.1. The zero-order valence-corrected chi connectivity index (χ0v) is 16.7. The monoisotopic (exact) mass is 397 g/mol. The van der Waals surface area contributed by atoms with E-state index >= 15 is 0 Å². The van der Waals surface area contributed by atoms with Gasteiger partial charge in [0.05, 0.1) is 6.61 Å². The van der Waals surface area contributed by atoms with E-state index in [2.05, 4.69) is 11.9 Å². The summed E-state index contributed by atoms with van der Waals surface area (Å²) < 4.78 is 9.00. The Morgan fingerprint density at radius 3 is 2.62 bits per heavy atom. The third-order valence-electron chi connectivity index (χ3n) is 5.10. The van der Waals surface area contributed by atoms with Crippen molar-refractivity contribution in [2.24, 2.45) is 13.0 Å². The van der Waals surface area contributed by atoms with E-state index in [1.807, 2.05) is 39.8 Å². The van der Waals surface area contributed by atoms with Crippen LogP contribution in [-0.2, 0) is 29.7 Å². The van der Waals surface area contributed by atoms with Crippen LogP contribution in [-0.4, -0.2) is 37.8 Å². The molecule has 0 radical (unpaired) electrons. The molecule has 9 nitrogen and oxygen atoms in total. The molecule has 2 aromatic heterocycles. The molecule has 1 unspecified atom stereocenters. The lowest BCUT2D eigenvalue weighted by molar-refractivity contribution is -0.143. The smallest absolute Gasteiger partial charge is 0.333 e. The molecule has 0 saturated carbocycles. The van der Waals surface area contributed by atoms with Crippen molar-refractivity contribution >= 4 is 28.8 Å². The fourth-order valence-corrected chi connectivity index (χ4v) is 3.81. The van der Waals surface area contributed by atoms with E-state index < -0.39 is 23.8 Å². The van der Waals surface area contributed by atoms with Crippen LogP contribution in [0.15, 0.2) is 39.9 Å². The zero-order valence-electron chi connectivity index (χ0n) is 16.7. The molecule has 1 aliphatic heterocycles. The number of nitrogens with zero attached hydrogens (tertiary/aromatic N) is 5. The number of hydrogen-bond donors (Lipinski definition) is 0. The Kier molecular flexibility index (Phi) is 4.73. The first kappa shape index (κ1) is 19.0. The summed E-state index contributed by atoms with van der Waals surface area (Å²) in [7, 11) is 1.56. The average Bonchev–Trinajstić information content (AvgIpc) is 3.09. The number of hydrogen-bond acceptors (Lipinski definition) is 6. The van der Waals surface area contributed by atoms with E-state index in [-0.39, 0.29) is 12.5 Å². The van der Waals surface area contributed by atoms with Gasteiger partial charge in [0.15, 0.2) is 11.2 Å². The Balaban J connectivity index is 1.94. The molecule has 0 bridgehead atoms. The summed E-state index contributed by atoms with van der Waals surface area (Å²) in [4.78, 5) is 44.5. The molecule has 0 saturated heterocycles. The van der Waals surface area contributed by atoms with Gasteiger partial charge in [-0.1, -0.05) is 25.1 Å². The first-order valence-electron chi connectivity index (χ1n) is 9.60. The van der Waals surface area contributed by atoms with Crippen molar-refractivity contribution in [1.29, 1.82) is 0 Å². The molecule has 1 aromatic carbocycles. The highest BCUT2D eigenvalue weighted by atomic mass is 16.5. The minimum absolute atomic E-state index is 0.182. The van der Waals surface area contributed by atoms with Crippen molar-refractivity contribution in [2.45, 2.75) is 26.9 Å². The molecule has 0 spiro atoms. The third kappa shape index (κ3) is 3.12. The summed E-state index contributed by atoms with van der Waals surface area (Å²) in [5, 5.41) is 0. The average molecular weight is 397 g/mol. The van der Waals surface area contributed by atoms with Crippen LogP contribution < -0.4 is 16.1 Å². The highest BCUT2D eigenvalue weighted by molar-refractivity contribution is 5.77. The van der Waals surface area contributed by atoms with E-state index in [1.54, 1.807) is 14.0 Å². The number of rotatable bonds is 4. The fourth-order valence-electron chi connectivity index (χ4n) is 3.81. The molecule has 1 atom stereocenters. The molecule has 29 heavy (non-hydrogen) atoms. The second-order valence-electron chi connectivity index (χ2n) is 7.28. The SMILES string of the molecule is CCOC(=O)Cn1c(=O)c2c(nc3n2CC(C)CN3c2ccccc2)n(C)c1=O. The maximum absolute atomic E-state index is 13.2. The van der Waals surface area contributed by atoms with E-state index in [4.69, 9.17) is 4.74 Å². The fraction of sp³-hybridized carbons (Fsp3) is 0.400. The molecule has 1 aliphatic rings. The van der Waals surface area contributed by atoms with E-state index in [1.165, 1.54) is 4.57 Å². The summed E-state index contributed by atoms with van der Waals surface area (Å²) in [6.07, 6.45) is 0. The van der Waals surface area contributed by atoms with E-state index in [0.29, 0.717) is 23.7 Å². The van der Waals surface area contributed by atoms with Crippen molar-refractivity contribution < 1.29 is 9.53 Å². The van der Waals surface area contributed by atoms with Gasteiger partial charge in [-0.25, -0.2) is 9.36 Å². The number of benzene rings is 1. The quantitative estimate of drug-likeness (QED) is 0.616. The minimum atomic E-state index is -0.622. The molecule has 4 rings (SSSR count). The first-order valence-corrected chi connectivity index (χ1v) is 9.60. The first-order chi connectivity index (χ1) is 13.9. The topological polar surface area (TPSA) is 91.4 Å². The number of carbonyl (C=O) groups is 1. The number of aryl methyl sites for hydroxylation is 1. The molecular formula is C20H23N5O4. The van der Waals surface area contributed by atoms with Crippen LogP contribution in [0.5, 0.6) is 0 Å². The van der Waals surface area contributed by atoms with Crippen LogP contribution in [0.3, 0.4) is 0 Å². The Labute approximate surface area is 166 Å². The highest BCUT2D eigenvalue weighted by Crippen LogP contribution is 2.32. The number of anilines is 2. The van der Waals surface area contributed by atoms with Crippen LogP contribution in [0.2, 0.25) is 0 Å². The van der Waals surface area contributed by atoms with Crippen molar-refractivity contribution in [2.75, 3.05) is 18.1 Å². The summed E-state index contributed by atoms with van der Waals surface area (Å²) in [6.45, 7) is 4.88. The van der Waals surface area contributed by atoms with Crippen molar-refractivity contribution in [1.82, 2.24) is 18.7 Å². The number of para-hydroxylation sites is 1. The summed E-state index contributed by atoms with van der Waals surface area (Å²) >= 11 is 0. The number of fused-ring (bicyclic) bond motifs is 3. The second kappa shape index (κ2) is 7.23. The van der Waals surface area contributed by atoms with Gasteiger partial charge in [0, 0.05) is 25.8 Å². The Morgan fingerprint density at radius 1 is 1.21 bits per heavy atom. The maximum Gasteiger partial charge on any atom is 0.333 e. The Bertz CT molecular complexity index is 1190. The van der Waals surface area contributed by atoms with Gasteiger partial charge in [-0.3, -0.25) is 14.2 Å². The van der Waals surface area contributed by atoms with Crippen LogP contribution in [0.1, 0.15) is 13.8 Å². The summed E-state index contributed by atoms with van der Waals surface area (Å²) in [5.74, 6) is 0.254. The lowest BCUT2D eigenvalue weighted by Gasteiger charge is -2.32. The second-order valence-corrected chi connectivity index (χ2v) is 7.28. The molecule has 3 heterocycles. The maximum atomic E-state index is 13.2. The molecule has 0 aliphatic carbocycles. The van der Waals surface area contributed by atoms with E-state index in [0.717, 1.165) is 16.8 Å². The summed E-state index contributed by atoms with van der Waals surface area (Å²) in [5.41, 5.74) is 0.471. The minimum Gasteiger partial charge on any atom is -0.465 e. The molecule has 0 N–H and O–H groups in total. The van der Waals surface area contributed by atoms with Gasteiger partial charge in [-0.2, -0.15) is 4.98 Å². The molecule has 3 aromatic rings. The van der Waals surface area contributed by atoms with Crippen LogP contribution >= 0.6 is 0 Å². The number of carbonyl (C=O) groups excluding carboxylic acids is 1. The van der Waals surface area contributed by atoms with Gasteiger partial charge in [-0.15, -0.1) is 0 Å². The van der Waals surface area contributed by atoms with Crippen LogP contribution in [0.4, 0.5) is 11.6 Å². The molecule has 0 amide bonds. The largest absolute Gasteiger partial charge is 0.465 e. The van der Waals surface area contributed by atoms with Gasteiger partial charge in [0.1, 0.15) is 6.54 Å². The van der Waals surface area contributed by atoms with Gasteiger partial charge in [-0.05, 0) is 25.0 Å².